The molecule has 3 heterocycles. The minimum atomic E-state index is 0. The molecule has 138 valence electrons. The summed E-state index contributed by atoms with van der Waals surface area (Å²) in [7, 11) is 1.99. The van der Waals surface area contributed by atoms with Crippen LogP contribution in [-0.4, -0.2) is 52.3 Å². The van der Waals surface area contributed by atoms with Crippen LogP contribution in [-0.2, 0) is 0 Å². The van der Waals surface area contributed by atoms with Crippen molar-refractivity contribution in [2.24, 2.45) is 5.92 Å². The van der Waals surface area contributed by atoms with Crippen LogP contribution in [0, 0.1) is 5.92 Å². The smallest absolute Gasteiger partial charge is 0.254 e. The van der Waals surface area contributed by atoms with E-state index in [9.17, 15) is 4.79 Å². The van der Waals surface area contributed by atoms with Gasteiger partial charge in [-0.1, -0.05) is 0 Å². The van der Waals surface area contributed by atoms with Crippen molar-refractivity contribution in [2.75, 3.05) is 26.7 Å². The van der Waals surface area contributed by atoms with Crippen molar-refractivity contribution in [3.63, 3.8) is 0 Å². The Morgan fingerprint density at radius 3 is 2.68 bits per heavy atom. The molecule has 0 aromatic carbocycles. The molecular formula is C17H25Cl2N5O. The molecule has 0 bridgehead atoms. The van der Waals surface area contributed by atoms with Crippen molar-refractivity contribution in [2.45, 2.75) is 19.3 Å². The average Bonchev–Trinajstić information content (AvgIpc) is 3.14. The Hall–Kier alpha value is -1.63. The van der Waals surface area contributed by atoms with Crippen molar-refractivity contribution < 1.29 is 4.79 Å². The second-order valence-corrected chi connectivity index (χ2v) is 5.98. The van der Waals surface area contributed by atoms with Gasteiger partial charge in [-0.15, -0.1) is 24.8 Å². The molecule has 6 nitrogen and oxygen atoms in total. The number of rotatable bonds is 5. The fourth-order valence-electron chi connectivity index (χ4n) is 3.04. The Bertz CT molecular complexity index is 642. The molecule has 8 heteroatoms. The van der Waals surface area contributed by atoms with Gasteiger partial charge in [0.2, 0.25) is 0 Å². The maximum Gasteiger partial charge on any atom is 0.254 e. The highest BCUT2D eigenvalue weighted by Crippen LogP contribution is 2.21. The van der Waals surface area contributed by atoms with Gasteiger partial charge in [-0.3, -0.25) is 4.79 Å². The molecule has 1 N–H and O–H groups in total. The molecule has 1 aliphatic rings. The molecule has 1 aliphatic heterocycles. The normalized spacial score (nSPS) is 14.5. The van der Waals surface area contributed by atoms with Crippen LogP contribution in [0.4, 0.5) is 0 Å². The lowest BCUT2D eigenvalue weighted by atomic mass is 9.93. The zero-order chi connectivity index (χ0) is 16.1. The van der Waals surface area contributed by atoms with Crippen LogP contribution in [0.5, 0.6) is 0 Å². The molecule has 2 aromatic rings. The molecule has 0 aliphatic carbocycles. The van der Waals surface area contributed by atoms with E-state index in [2.05, 4.69) is 15.4 Å². The Morgan fingerprint density at radius 1 is 1.28 bits per heavy atom. The fraction of sp³-hybridized carbons (Fsp3) is 0.471. The Morgan fingerprint density at radius 2 is 2.04 bits per heavy atom. The van der Waals surface area contributed by atoms with E-state index in [0.717, 1.165) is 38.4 Å². The van der Waals surface area contributed by atoms with Gasteiger partial charge in [-0.25, -0.2) is 9.67 Å². The quantitative estimate of drug-likeness (QED) is 0.858. The highest BCUT2D eigenvalue weighted by Gasteiger charge is 2.23. The van der Waals surface area contributed by atoms with Crippen molar-refractivity contribution in [3.05, 3.63) is 42.4 Å². The zero-order valence-electron chi connectivity index (χ0n) is 14.3. The minimum Gasteiger partial charge on any atom is -0.339 e. The highest BCUT2D eigenvalue weighted by atomic mass is 35.5. The van der Waals surface area contributed by atoms with Crippen molar-refractivity contribution in [3.8, 4) is 5.82 Å². The summed E-state index contributed by atoms with van der Waals surface area (Å²) >= 11 is 0. The molecule has 1 amide bonds. The SMILES string of the molecule is CNCCC1CCN(C(=O)c2ccnc(-n3cccn3)c2)CC1.Cl.Cl. The van der Waals surface area contributed by atoms with Crippen LogP contribution < -0.4 is 5.32 Å². The van der Waals surface area contributed by atoms with E-state index >= 15 is 0 Å². The van der Waals surface area contributed by atoms with Gasteiger partial charge in [-0.05, 0) is 57.0 Å². The predicted molar refractivity (Wildman–Crippen MR) is 103 cm³/mol. The van der Waals surface area contributed by atoms with Gasteiger partial charge in [0.25, 0.3) is 5.91 Å². The number of amides is 1. The number of aromatic nitrogens is 3. The lowest BCUT2D eigenvalue weighted by molar-refractivity contribution is 0.0687. The molecule has 2 aromatic heterocycles. The second-order valence-electron chi connectivity index (χ2n) is 5.98. The number of pyridine rings is 1. The monoisotopic (exact) mass is 385 g/mol. The third-order valence-electron chi connectivity index (χ3n) is 4.44. The second kappa shape index (κ2) is 10.4. The van der Waals surface area contributed by atoms with Gasteiger partial charge in [0.05, 0.1) is 0 Å². The number of piperidine rings is 1. The van der Waals surface area contributed by atoms with Crippen LogP contribution in [0.15, 0.2) is 36.8 Å². The molecule has 0 saturated carbocycles. The number of hydrogen-bond donors (Lipinski definition) is 1. The topological polar surface area (TPSA) is 63.1 Å². The van der Waals surface area contributed by atoms with Crippen LogP contribution in [0.1, 0.15) is 29.6 Å². The molecule has 25 heavy (non-hydrogen) atoms. The third-order valence-corrected chi connectivity index (χ3v) is 4.44. The number of likely N-dealkylation sites (tertiary alicyclic amines) is 1. The molecule has 1 fully saturated rings. The highest BCUT2D eigenvalue weighted by molar-refractivity contribution is 5.94. The van der Waals surface area contributed by atoms with E-state index in [0.29, 0.717) is 11.4 Å². The summed E-state index contributed by atoms with van der Waals surface area (Å²) in [5, 5.41) is 7.36. The fourth-order valence-corrected chi connectivity index (χ4v) is 3.04. The van der Waals surface area contributed by atoms with Gasteiger partial charge < -0.3 is 10.2 Å². The van der Waals surface area contributed by atoms with E-state index in [4.69, 9.17) is 0 Å². The van der Waals surface area contributed by atoms with Crippen molar-refractivity contribution in [1.29, 1.82) is 0 Å². The summed E-state index contributed by atoms with van der Waals surface area (Å²) in [5.74, 6) is 1.49. The van der Waals surface area contributed by atoms with Crippen molar-refractivity contribution in [1.82, 2.24) is 25.0 Å². The summed E-state index contributed by atoms with van der Waals surface area (Å²) in [4.78, 5) is 18.9. The number of carbonyl (C=O) groups is 1. The maximum absolute atomic E-state index is 12.7. The summed E-state index contributed by atoms with van der Waals surface area (Å²) in [6.07, 6.45) is 8.56. The first-order valence-electron chi connectivity index (χ1n) is 8.18. The van der Waals surface area contributed by atoms with Gasteiger partial charge in [0.1, 0.15) is 0 Å². The van der Waals surface area contributed by atoms with E-state index in [1.807, 2.05) is 30.3 Å². The molecule has 1 saturated heterocycles. The first kappa shape index (κ1) is 21.4. The Kier molecular flexibility index (Phi) is 8.89. The number of nitrogens with one attached hydrogen (secondary N) is 1. The predicted octanol–water partition coefficient (Wildman–Crippen LogP) is 2.57. The maximum atomic E-state index is 12.7. The van der Waals surface area contributed by atoms with Gasteiger partial charge in [0.15, 0.2) is 5.82 Å². The van der Waals surface area contributed by atoms with Crippen LogP contribution >= 0.6 is 24.8 Å². The van der Waals surface area contributed by atoms with E-state index < -0.39 is 0 Å². The van der Waals surface area contributed by atoms with Crippen LogP contribution in [0.3, 0.4) is 0 Å². The minimum absolute atomic E-state index is 0. The summed E-state index contributed by atoms with van der Waals surface area (Å²) in [5.41, 5.74) is 0.680. The Labute approximate surface area is 160 Å². The number of halogens is 2. The van der Waals surface area contributed by atoms with E-state index in [1.54, 1.807) is 23.1 Å². The van der Waals surface area contributed by atoms with E-state index in [-0.39, 0.29) is 30.7 Å². The van der Waals surface area contributed by atoms with Gasteiger partial charge in [0, 0.05) is 37.2 Å². The molecule has 0 spiro atoms. The standard InChI is InChI=1S/C17H23N5O.2ClH/c1-18-8-3-14-5-11-21(12-6-14)17(23)15-4-9-19-16(13-15)22-10-2-7-20-22;;/h2,4,7,9-10,13-14,18H,3,5-6,8,11-12H2,1H3;2*1H. The molecular weight excluding hydrogens is 361 g/mol. The lowest BCUT2D eigenvalue weighted by Gasteiger charge is -2.32. The summed E-state index contributed by atoms with van der Waals surface area (Å²) in [6.45, 7) is 2.73. The number of nitrogens with zero attached hydrogens (tertiary/aromatic N) is 4. The lowest BCUT2D eigenvalue weighted by Crippen LogP contribution is -2.39. The molecule has 0 atom stereocenters. The number of carbonyl (C=O) groups excluding carboxylic acids is 1. The molecule has 3 rings (SSSR count). The molecule has 0 radical (unpaired) electrons. The first-order chi connectivity index (χ1) is 11.3. The van der Waals surface area contributed by atoms with E-state index in [1.165, 1.54) is 6.42 Å². The van der Waals surface area contributed by atoms with Gasteiger partial charge in [-0.2, -0.15) is 5.10 Å². The first-order valence-corrected chi connectivity index (χ1v) is 8.18. The average molecular weight is 386 g/mol. The largest absolute Gasteiger partial charge is 0.339 e. The van der Waals surface area contributed by atoms with Crippen LogP contribution in [0.25, 0.3) is 5.82 Å². The van der Waals surface area contributed by atoms with Gasteiger partial charge >= 0.3 is 0 Å². The van der Waals surface area contributed by atoms with Crippen molar-refractivity contribution >= 4 is 30.7 Å². The summed E-state index contributed by atoms with van der Waals surface area (Å²) < 4.78 is 1.67. The number of hydrogen-bond acceptors (Lipinski definition) is 4. The Balaban J connectivity index is 0.00000156. The zero-order valence-corrected chi connectivity index (χ0v) is 15.9. The summed E-state index contributed by atoms with van der Waals surface area (Å²) in [6, 6.07) is 5.43. The van der Waals surface area contributed by atoms with Crippen LogP contribution in [0.2, 0.25) is 0 Å². The third kappa shape index (κ3) is 5.42. The molecule has 0 unspecified atom stereocenters.